The lowest BCUT2D eigenvalue weighted by Crippen LogP contribution is -2.39. The van der Waals surface area contributed by atoms with Crippen LogP contribution in [-0.4, -0.2) is 34.0 Å². The van der Waals surface area contributed by atoms with E-state index >= 15 is 0 Å². The molecule has 0 saturated heterocycles. The van der Waals surface area contributed by atoms with Crippen molar-refractivity contribution >= 4 is 28.4 Å². The molecule has 2 aromatic carbocycles. The molecule has 0 aliphatic heterocycles. The largest absolute Gasteiger partial charge is 0.497 e. The molecular weight excluding hydrogens is 438 g/mol. The first-order chi connectivity index (χ1) is 15.8. The number of methoxy groups -OCH3 is 1. The van der Waals surface area contributed by atoms with Crippen molar-refractivity contribution < 1.29 is 9.53 Å². The summed E-state index contributed by atoms with van der Waals surface area (Å²) in [4.78, 5) is 33.5. The Kier molecular flexibility index (Phi) is 8.14. The fraction of sp³-hybridized carbons (Fsp3) is 0.423. The molecular formula is C26H32ClN3O3. The van der Waals surface area contributed by atoms with Crippen molar-refractivity contribution in [2.75, 3.05) is 13.7 Å². The van der Waals surface area contributed by atoms with Gasteiger partial charge in [-0.25, -0.2) is 4.98 Å². The van der Waals surface area contributed by atoms with Gasteiger partial charge in [-0.15, -0.1) is 0 Å². The summed E-state index contributed by atoms with van der Waals surface area (Å²) < 4.78 is 6.87. The third-order valence-electron chi connectivity index (χ3n) is 5.66. The molecule has 1 unspecified atom stereocenters. The third kappa shape index (κ3) is 5.56. The summed E-state index contributed by atoms with van der Waals surface area (Å²) in [6.07, 6.45) is 2.24. The number of halogens is 1. The maximum absolute atomic E-state index is 13.7. The van der Waals surface area contributed by atoms with Crippen LogP contribution < -0.4 is 10.3 Å². The molecule has 1 aromatic heterocycles. The van der Waals surface area contributed by atoms with E-state index in [-0.39, 0.29) is 17.4 Å². The van der Waals surface area contributed by atoms with Crippen LogP contribution in [0.5, 0.6) is 5.75 Å². The van der Waals surface area contributed by atoms with E-state index in [0.717, 1.165) is 12.8 Å². The van der Waals surface area contributed by atoms with E-state index in [1.807, 2.05) is 24.0 Å². The molecule has 0 bridgehead atoms. The zero-order valence-electron chi connectivity index (χ0n) is 20.0. The van der Waals surface area contributed by atoms with Gasteiger partial charge in [0.2, 0.25) is 5.91 Å². The summed E-state index contributed by atoms with van der Waals surface area (Å²) in [5.41, 5.74) is 0.983. The van der Waals surface area contributed by atoms with Gasteiger partial charge in [0, 0.05) is 18.0 Å². The van der Waals surface area contributed by atoms with Crippen molar-refractivity contribution in [1.29, 1.82) is 0 Å². The standard InChI is InChI=1S/C26H32ClN3O3/c1-6-7-8-24(31)29(16-17(2)3)18(4)25-28-23-15-19(27)9-14-22(23)26(32)30(25)20-10-12-21(33-5)13-11-20/h9-15,17-18H,6-8,16H2,1-5H3. The first-order valence-corrected chi connectivity index (χ1v) is 11.8. The number of ether oxygens (including phenoxy) is 1. The number of carbonyl (C=O) groups is 1. The molecule has 1 amide bonds. The minimum atomic E-state index is -0.407. The Morgan fingerprint density at radius 1 is 1.15 bits per heavy atom. The number of benzene rings is 2. The second kappa shape index (κ2) is 10.8. The van der Waals surface area contributed by atoms with E-state index in [2.05, 4.69) is 20.8 Å². The summed E-state index contributed by atoms with van der Waals surface area (Å²) in [6.45, 7) is 8.74. The number of hydrogen-bond acceptors (Lipinski definition) is 4. The number of nitrogens with zero attached hydrogens (tertiary/aromatic N) is 3. The van der Waals surface area contributed by atoms with Crippen LogP contribution in [0.25, 0.3) is 16.6 Å². The SMILES string of the molecule is CCCCC(=O)N(CC(C)C)C(C)c1nc2cc(Cl)ccc2c(=O)n1-c1ccc(OC)cc1. The predicted octanol–water partition coefficient (Wildman–Crippen LogP) is 5.78. The average molecular weight is 470 g/mol. The molecule has 1 heterocycles. The summed E-state index contributed by atoms with van der Waals surface area (Å²) in [5.74, 6) is 1.54. The van der Waals surface area contributed by atoms with Gasteiger partial charge in [0.1, 0.15) is 11.6 Å². The Labute approximate surface area is 200 Å². The highest BCUT2D eigenvalue weighted by molar-refractivity contribution is 6.31. The van der Waals surface area contributed by atoms with Crippen molar-refractivity contribution in [2.45, 2.75) is 53.0 Å². The van der Waals surface area contributed by atoms with Crippen LogP contribution in [-0.2, 0) is 4.79 Å². The smallest absolute Gasteiger partial charge is 0.266 e. The molecule has 33 heavy (non-hydrogen) atoms. The molecule has 0 spiro atoms. The van der Waals surface area contributed by atoms with Crippen LogP contribution in [0.4, 0.5) is 0 Å². The molecule has 6 nitrogen and oxygen atoms in total. The van der Waals surface area contributed by atoms with Crippen LogP contribution >= 0.6 is 11.6 Å². The summed E-state index contributed by atoms with van der Waals surface area (Å²) >= 11 is 6.20. The average Bonchev–Trinajstić information content (AvgIpc) is 2.80. The highest BCUT2D eigenvalue weighted by Gasteiger charge is 2.27. The van der Waals surface area contributed by atoms with Gasteiger partial charge in [0.25, 0.3) is 5.56 Å². The van der Waals surface area contributed by atoms with Gasteiger partial charge < -0.3 is 9.64 Å². The predicted molar refractivity (Wildman–Crippen MR) is 133 cm³/mol. The Bertz CT molecular complexity index is 1170. The minimum Gasteiger partial charge on any atom is -0.497 e. The lowest BCUT2D eigenvalue weighted by Gasteiger charge is -2.32. The molecule has 3 rings (SSSR count). The van der Waals surface area contributed by atoms with E-state index in [1.165, 1.54) is 0 Å². The highest BCUT2D eigenvalue weighted by atomic mass is 35.5. The quantitative estimate of drug-likeness (QED) is 0.398. The molecule has 0 aliphatic rings. The van der Waals surface area contributed by atoms with Gasteiger partial charge in [-0.2, -0.15) is 0 Å². The number of rotatable bonds is 9. The number of hydrogen-bond donors (Lipinski definition) is 0. The van der Waals surface area contributed by atoms with Gasteiger partial charge in [-0.3, -0.25) is 14.2 Å². The fourth-order valence-electron chi connectivity index (χ4n) is 3.92. The summed E-state index contributed by atoms with van der Waals surface area (Å²) in [5, 5.41) is 0.979. The van der Waals surface area contributed by atoms with Crippen molar-refractivity contribution in [3.05, 3.63) is 63.7 Å². The van der Waals surface area contributed by atoms with Gasteiger partial charge in [-0.05, 0) is 61.7 Å². The number of fused-ring (bicyclic) bond motifs is 1. The molecule has 0 fully saturated rings. The molecule has 1 atom stereocenters. The number of amides is 1. The molecule has 3 aromatic rings. The van der Waals surface area contributed by atoms with Crippen molar-refractivity contribution in [3.8, 4) is 11.4 Å². The topological polar surface area (TPSA) is 64.4 Å². The van der Waals surface area contributed by atoms with Gasteiger partial charge in [0.05, 0.1) is 29.7 Å². The Balaban J connectivity index is 2.22. The zero-order chi connectivity index (χ0) is 24.1. The molecule has 0 saturated carbocycles. The monoisotopic (exact) mass is 469 g/mol. The first kappa shape index (κ1) is 24.8. The van der Waals surface area contributed by atoms with Crippen molar-refractivity contribution in [1.82, 2.24) is 14.5 Å². The number of unbranched alkanes of at least 4 members (excludes halogenated alkanes) is 1. The normalized spacial score (nSPS) is 12.2. The van der Waals surface area contributed by atoms with E-state index < -0.39 is 6.04 Å². The maximum Gasteiger partial charge on any atom is 0.266 e. The Morgan fingerprint density at radius 3 is 2.45 bits per heavy atom. The van der Waals surface area contributed by atoms with Crippen LogP contribution in [0.3, 0.4) is 0 Å². The molecule has 0 N–H and O–H groups in total. The van der Waals surface area contributed by atoms with Gasteiger partial charge in [0.15, 0.2) is 0 Å². The molecule has 176 valence electrons. The zero-order valence-corrected chi connectivity index (χ0v) is 20.7. The Hall–Kier alpha value is -2.86. The Morgan fingerprint density at radius 2 is 1.85 bits per heavy atom. The lowest BCUT2D eigenvalue weighted by molar-refractivity contribution is -0.134. The molecule has 7 heteroatoms. The van der Waals surface area contributed by atoms with Crippen molar-refractivity contribution in [2.24, 2.45) is 5.92 Å². The van der Waals surface area contributed by atoms with Gasteiger partial charge in [-0.1, -0.05) is 38.8 Å². The second-order valence-electron chi connectivity index (χ2n) is 8.69. The van der Waals surface area contributed by atoms with E-state index in [4.69, 9.17) is 21.3 Å². The highest BCUT2D eigenvalue weighted by Crippen LogP contribution is 2.26. The molecule has 0 aliphatic carbocycles. The van der Waals surface area contributed by atoms with Crippen LogP contribution in [0.2, 0.25) is 5.02 Å². The van der Waals surface area contributed by atoms with Crippen LogP contribution in [0.15, 0.2) is 47.3 Å². The minimum absolute atomic E-state index is 0.0692. The van der Waals surface area contributed by atoms with Gasteiger partial charge >= 0.3 is 0 Å². The first-order valence-electron chi connectivity index (χ1n) is 11.4. The number of aromatic nitrogens is 2. The fourth-order valence-corrected chi connectivity index (χ4v) is 4.08. The van der Waals surface area contributed by atoms with Crippen LogP contribution in [0.1, 0.15) is 58.8 Å². The summed E-state index contributed by atoms with van der Waals surface area (Å²) in [6, 6.07) is 11.9. The third-order valence-corrected chi connectivity index (χ3v) is 5.89. The second-order valence-corrected chi connectivity index (χ2v) is 9.13. The maximum atomic E-state index is 13.7. The van der Waals surface area contributed by atoms with E-state index in [1.54, 1.807) is 42.0 Å². The lowest BCUT2D eigenvalue weighted by atomic mass is 10.1. The summed E-state index contributed by atoms with van der Waals surface area (Å²) in [7, 11) is 1.60. The number of carbonyl (C=O) groups excluding carboxylic acids is 1. The van der Waals surface area contributed by atoms with E-state index in [0.29, 0.717) is 46.2 Å². The van der Waals surface area contributed by atoms with Crippen LogP contribution in [0, 0.1) is 5.92 Å². The van der Waals surface area contributed by atoms with Crippen molar-refractivity contribution in [3.63, 3.8) is 0 Å². The van der Waals surface area contributed by atoms with E-state index in [9.17, 15) is 9.59 Å². The molecule has 0 radical (unpaired) electrons.